The van der Waals surface area contributed by atoms with Crippen LogP contribution < -0.4 is 5.32 Å². The van der Waals surface area contributed by atoms with Crippen LogP contribution in [-0.2, 0) is 15.0 Å². The van der Waals surface area contributed by atoms with Crippen LogP contribution in [0.3, 0.4) is 0 Å². The van der Waals surface area contributed by atoms with Gasteiger partial charge in [-0.15, -0.1) is 0 Å². The summed E-state index contributed by atoms with van der Waals surface area (Å²) in [7, 11) is 0. The summed E-state index contributed by atoms with van der Waals surface area (Å²) in [5.41, 5.74) is 1.53. The van der Waals surface area contributed by atoms with E-state index >= 15 is 0 Å². The molecule has 4 atom stereocenters. The number of benzene rings is 2. The number of para-hydroxylation sites is 1. The second kappa shape index (κ2) is 7.72. The lowest BCUT2D eigenvalue weighted by Gasteiger charge is -2.38. The molecule has 6 heteroatoms. The van der Waals surface area contributed by atoms with Crippen molar-refractivity contribution in [3.63, 3.8) is 0 Å². The van der Waals surface area contributed by atoms with Crippen molar-refractivity contribution in [1.82, 2.24) is 9.88 Å². The number of hydrogen-bond acceptors (Lipinski definition) is 5. The molecule has 0 saturated carbocycles. The predicted molar refractivity (Wildman–Crippen MR) is 137 cm³/mol. The van der Waals surface area contributed by atoms with Gasteiger partial charge in [-0.1, -0.05) is 69.3 Å². The van der Waals surface area contributed by atoms with Crippen molar-refractivity contribution in [2.75, 3.05) is 5.32 Å². The molecule has 1 spiro atoms. The van der Waals surface area contributed by atoms with Crippen LogP contribution in [0, 0.1) is 11.3 Å². The minimum Gasteiger partial charge on any atom is -0.358 e. The second-order valence-electron chi connectivity index (χ2n) is 10.8. The number of nitrogens with one attached hydrogen (secondary N) is 1. The zero-order valence-electron chi connectivity index (χ0n) is 20.4. The molecule has 36 heavy (non-hydrogen) atoms. The van der Waals surface area contributed by atoms with Crippen LogP contribution in [0.15, 0.2) is 79.1 Å². The van der Waals surface area contributed by atoms with Crippen molar-refractivity contribution in [2.45, 2.75) is 38.3 Å². The van der Waals surface area contributed by atoms with Gasteiger partial charge in [-0.3, -0.25) is 19.4 Å². The molecule has 3 aliphatic rings. The molecule has 0 radical (unpaired) electrons. The van der Waals surface area contributed by atoms with Crippen LogP contribution in [0.25, 0.3) is 6.08 Å². The van der Waals surface area contributed by atoms with Crippen LogP contribution in [0.5, 0.6) is 0 Å². The molecule has 1 saturated heterocycles. The van der Waals surface area contributed by atoms with E-state index in [9.17, 15) is 14.4 Å². The molecule has 3 aromatic rings. The lowest BCUT2D eigenvalue weighted by Crippen LogP contribution is -2.50. The molecule has 6 rings (SSSR count). The highest BCUT2D eigenvalue weighted by Crippen LogP contribution is 2.62. The number of carbonyl (C=O) groups is 3. The fourth-order valence-electron chi connectivity index (χ4n) is 6.28. The van der Waals surface area contributed by atoms with Gasteiger partial charge in [0.2, 0.25) is 5.91 Å². The van der Waals surface area contributed by atoms with Crippen LogP contribution in [0.4, 0.5) is 5.69 Å². The number of rotatable bonds is 3. The third-order valence-electron chi connectivity index (χ3n) is 7.78. The Morgan fingerprint density at radius 3 is 2.44 bits per heavy atom. The van der Waals surface area contributed by atoms with Gasteiger partial charge in [0, 0.05) is 23.5 Å². The first kappa shape index (κ1) is 22.4. The van der Waals surface area contributed by atoms with Gasteiger partial charge in [0.1, 0.15) is 11.1 Å². The van der Waals surface area contributed by atoms with E-state index in [2.05, 4.69) is 10.3 Å². The van der Waals surface area contributed by atoms with E-state index < -0.39 is 28.8 Å². The van der Waals surface area contributed by atoms with Crippen molar-refractivity contribution in [2.24, 2.45) is 11.3 Å². The average molecular weight is 478 g/mol. The van der Waals surface area contributed by atoms with Gasteiger partial charge in [-0.25, -0.2) is 0 Å². The van der Waals surface area contributed by atoms with Crippen LogP contribution in [0.1, 0.15) is 54.0 Å². The lowest BCUT2D eigenvalue weighted by atomic mass is 9.62. The minimum absolute atomic E-state index is 0.0835. The summed E-state index contributed by atoms with van der Waals surface area (Å²) in [5, 5.41) is 3.05. The number of pyridine rings is 1. The van der Waals surface area contributed by atoms with Crippen LogP contribution >= 0.6 is 0 Å². The number of anilines is 1. The van der Waals surface area contributed by atoms with E-state index in [4.69, 9.17) is 0 Å². The van der Waals surface area contributed by atoms with Gasteiger partial charge in [-0.2, -0.15) is 0 Å². The monoisotopic (exact) mass is 477 g/mol. The first-order chi connectivity index (χ1) is 17.3. The average Bonchev–Trinajstić information content (AvgIpc) is 3.35. The SMILES string of the molecule is CC(C)(C)C(=O)[C@H]1[C@@H](C(=O)c2ccccn2)[C@]2(C(=O)Nc3ccccc32)[C@H]2c3ccccc3C=CN12. The highest BCUT2D eigenvalue weighted by molar-refractivity contribution is 6.15. The standard InChI is InChI=1S/C30H27N3O3/c1-29(2,3)27(35)24-23(25(34)22-14-8-9-16-31-22)30(20-12-6-7-13-21(20)32-28(30)36)26-19-11-5-4-10-18(19)15-17-33(24)26/h4-17,23-24,26H,1-3H3,(H,32,36)/t23-,24+,26+,30-/m0/s1. The highest BCUT2D eigenvalue weighted by atomic mass is 16.2. The summed E-state index contributed by atoms with van der Waals surface area (Å²) in [6, 6.07) is 19.2. The Morgan fingerprint density at radius 2 is 1.69 bits per heavy atom. The number of carbonyl (C=O) groups excluding carboxylic acids is 3. The van der Waals surface area contributed by atoms with Crippen molar-refractivity contribution >= 4 is 29.2 Å². The molecule has 6 nitrogen and oxygen atoms in total. The maximum atomic E-state index is 14.4. The summed E-state index contributed by atoms with van der Waals surface area (Å²) in [4.78, 5) is 49.1. The zero-order valence-corrected chi connectivity index (χ0v) is 20.4. The predicted octanol–water partition coefficient (Wildman–Crippen LogP) is 4.80. The molecule has 0 unspecified atom stereocenters. The normalized spacial score (nSPS) is 25.8. The smallest absolute Gasteiger partial charge is 0.238 e. The molecular formula is C30H27N3O3. The molecule has 3 aliphatic heterocycles. The minimum atomic E-state index is -1.31. The summed E-state index contributed by atoms with van der Waals surface area (Å²) < 4.78 is 0. The second-order valence-corrected chi connectivity index (χ2v) is 10.8. The number of fused-ring (bicyclic) bond motifs is 6. The quantitative estimate of drug-likeness (QED) is 0.549. The molecule has 1 N–H and O–H groups in total. The lowest BCUT2D eigenvalue weighted by molar-refractivity contribution is -0.131. The van der Waals surface area contributed by atoms with Gasteiger partial charge in [0.05, 0.1) is 18.0 Å². The molecule has 0 aliphatic carbocycles. The van der Waals surface area contributed by atoms with Crippen molar-refractivity contribution < 1.29 is 14.4 Å². The molecule has 0 bridgehead atoms. The van der Waals surface area contributed by atoms with Crippen molar-refractivity contribution in [3.05, 3.63) is 102 Å². The maximum absolute atomic E-state index is 14.4. The number of aromatic nitrogens is 1. The Labute approximate surface area is 210 Å². The highest BCUT2D eigenvalue weighted by Gasteiger charge is 2.71. The zero-order chi connectivity index (χ0) is 25.2. The van der Waals surface area contributed by atoms with E-state index in [1.165, 1.54) is 0 Å². The summed E-state index contributed by atoms with van der Waals surface area (Å²) in [5.74, 6) is -1.61. The third kappa shape index (κ3) is 2.90. The fraction of sp³-hybridized carbons (Fsp3) is 0.267. The Kier molecular flexibility index (Phi) is 4.80. The van der Waals surface area contributed by atoms with Gasteiger partial charge in [0.25, 0.3) is 0 Å². The first-order valence-electron chi connectivity index (χ1n) is 12.2. The molecular weight excluding hydrogens is 450 g/mol. The fourth-order valence-corrected chi connectivity index (χ4v) is 6.28. The Hall–Kier alpha value is -4.06. The number of Topliss-reactive ketones (excluding diaryl/α,β-unsaturated/α-hetero) is 2. The van der Waals surface area contributed by atoms with E-state index in [0.717, 1.165) is 16.7 Å². The molecule has 180 valence electrons. The Balaban J connectivity index is 1.70. The summed E-state index contributed by atoms with van der Waals surface area (Å²) in [6.45, 7) is 5.59. The van der Waals surface area contributed by atoms with Gasteiger partial charge >= 0.3 is 0 Å². The largest absolute Gasteiger partial charge is 0.358 e. The molecule has 4 heterocycles. The molecule has 2 aromatic carbocycles. The van der Waals surface area contributed by atoms with Gasteiger partial charge in [0.15, 0.2) is 11.6 Å². The number of hydrogen-bond donors (Lipinski definition) is 1. The van der Waals surface area contributed by atoms with Crippen molar-refractivity contribution in [3.8, 4) is 0 Å². The number of nitrogens with zero attached hydrogens (tertiary/aromatic N) is 2. The van der Waals surface area contributed by atoms with Crippen LogP contribution in [0.2, 0.25) is 0 Å². The molecule has 1 aromatic heterocycles. The first-order valence-corrected chi connectivity index (χ1v) is 12.2. The summed E-state index contributed by atoms with van der Waals surface area (Å²) in [6.07, 6.45) is 5.43. The van der Waals surface area contributed by atoms with E-state index in [1.54, 1.807) is 24.4 Å². The summed E-state index contributed by atoms with van der Waals surface area (Å²) >= 11 is 0. The Bertz CT molecular complexity index is 1440. The molecule has 1 amide bonds. The molecule has 1 fully saturated rings. The number of ketones is 2. The maximum Gasteiger partial charge on any atom is 0.238 e. The Morgan fingerprint density at radius 1 is 0.972 bits per heavy atom. The van der Waals surface area contributed by atoms with Crippen molar-refractivity contribution in [1.29, 1.82) is 0 Å². The van der Waals surface area contributed by atoms with E-state index in [-0.39, 0.29) is 23.2 Å². The van der Waals surface area contributed by atoms with Gasteiger partial charge in [-0.05, 0) is 41.0 Å². The van der Waals surface area contributed by atoms with Crippen LogP contribution in [-0.4, -0.2) is 33.4 Å². The van der Waals surface area contributed by atoms with Gasteiger partial charge < -0.3 is 10.2 Å². The number of amides is 1. The topological polar surface area (TPSA) is 79.4 Å². The van der Waals surface area contributed by atoms with E-state index in [1.807, 2.05) is 86.5 Å². The van der Waals surface area contributed by atoms with E-state index in [0.29, 0.717) is 5.69 Å². The third-order valence-corrected chi connectivity index (χ3v) is 7.78.